The highest BCUT2D eigenvalue weighted by Gasteiger charge is 1.93. The number of hydrogen-bond acceptors (Lipinski definition) is 3. The predicted molar refractivity (Wildman–Crippen MR) is 51.4 cm³/mol. The minimum atomic E-state index is 0.486. The molecule has 0 amide bonds. The van der Waals surface area contributed by atoms with Crippen LogP contribution in [0, 0.1) is 4.77 Å². The Labute approximate surface area is 77.2 Å². The molecule has 0 atom stereocenters. The highest BCUT2D eigenvalue weighted by atomic mass is 32.1. The molecule has 0 spiro atoms. The second-order valence-corrected chi connectivity index (χ2v) is 3.32. The van der Waals surface area contributed by atoms with Gasteiger partial charge in [-0.15, -0.1) is 0 Å². The summed E-state index contributed by atoms with van der Waals surface area (Å²) in [5.74, 6) is 0. The fraction of sp³-hybridized carbons (Fsp3) is 0.500. The molecule has 4 heteroatoms. The lowest BCUT2D eigenvalue weighted by Crippen LogP contribution is -2.22. The largest absolute Gasteiger partial charge is 0.333 e. The van der Waals surface area contributed by atoms with E-state index in [9.17, 15) is 0 Å². The van der Waals surface area contributed by atoms with Crippen molar-refractivity contribution in [1.82, 2.24) is 15.3 Å². The first-order chi connectivity index (χ1) is 5.68. The van der Waals surface area contributed by atoms with Gasteiger partial charge in [0.1, 0.15) is 0 Å². The lowest BCUT2D eigenvalue weighted by molar-refractivity contribution is 0.580. The lowest BCUT2D eigenvalue weighted by atomic mass is 10.3. The monoisotopic (exact) mass is 183 g/mol. The van der Waals surface area contributed by atoms with Gasteiger partial charge in [-0.2, -0.15) is 0 Å². The summed E-state index contributed by atoms with van der Waals surface area (Å²) < 4.78 is 0.540. The van der Waals surface area contributed by atoms with Gasteiger partial charge in [0.05, 0.1) is 0 Å². The van der Waals surface area contributed by atoms with Crippen LogP contribution in [0.5, 0.6) is 0 Å². The minimum Gasteiger partial charge on any atom is -0.333 e. The van der Waals surface area contributed by atoms with Gasteiger partial charge in [-0.1, -0.05) is 13.8 Å². The van der Waals surface area contributed by atoms with Crippen molar-refractivity contribution in [2.24, 2.45) is 0 Å². The molecule has 0 saturated heterocycles. The van der Waals surface area contributed by atoms with Crippen molar-refractivity contribution in [3.8, 4) is 0 Å². The van der Waals surface area contributed by atoms with Gasteiger partial charge in [-0.25, -0.2) is 4.98 Å². The van der Waals surface area contributed by atoms with Crippen LogP contribution in [0.4, 0.5) is 0 Å². The Morgan fingerprint density at radius 2 is 2.42 bits per heavy atom. The maximum absolute atomic E-state index is 4.88. The number of nitrogens with zero attached hydrogens (tertiary/aromatic N) is 1. The zero-order valence-electron chi connectivity index (χ0n) is 7.29. The van der Waals surface area contributed by atoms with E-state index in [2.05, 4.69) is 29.1 Å². The Kier molecular flexibility index (Phi) is 3.37. The molecular weight excluding hydrogens is 170 g/mol. The Morgan fingerprint density at radius 3 is 3.00 bits per heavy atom. The van der Waals surface area contributed by atoms with Crippen molar-refractivity contribution in [2.45, 2.75) is 26.4 Å². The smallest absolute Gasteiger partial charge is 0.196 e. The standard InChI is InChI=1S/C8H13N3S/c1-6(2)10-5-7-3-4-9-8(12)11-7/h3-4,6,10H,5H2,1-2H3,(H,9,11,12). The van der Waals surface area contributed by atoms with Gasteiger partial charge in [0, 0.05) is 24.5 Å². The molecule has 1 aromatic rings. The van der Waals surface area contributed by atoms with Crippen molar-refractivity contribution < 1.29 is 0 Å². The first-order valence-corrected chi connectivity index (χ1v) is 4.37. The van der Waals surface area contributed by atoms with Gasteiger partial charge in [0.2, 0.25) is 0 Å². The molecule has 0 bridgehead atoms. The van der Waals surface area contributed by atoms with Gasteiger partial charge in [0.15, 0.2) is 4.77 Å². The predicted octanol–water partition coefficient (Wildman–Crippen LogP) is 1.64. The average Bonchev–Trinajstić information content (AvgIpc) is 2.01. The highest BCUT2D eigenvalue weighted by Crippen LogP contribution is 1.92. The van der Waals surface area contributed by atoms with Crippen LogP contribution in [0.3, 0.4) is 0 Å². The maximum atomic E-state index is 4.88. The number of rotatable bonds is 3. The summed E-state index contributed by atoms with van der Waals surface area (Å²) >= 11 is 4.88. The lowest BCUT2D eigenvalue weighted by Gasteiger charge is -2.06. The van der Waals surface area contributed by atoms with Crippen LogP contribution in [-0.4, -0.2) is 16.0 Å². The van der Waals surface area contributed by atoms with Crippen LogP contribution in [0.25, 0.3) is 0 Å². The number of aromatic nitrogens is 2. The van der Waals surface area contributed by atoms with E-state index < -0.39 is 0 Å². The molecule has 0 fully saturated rings. The third-order valence-electron chi connectivity index (χ3n) is 1.44. The van der Waals surface area contributed by atoms with E-state index in [0.717, 1.165) is 12.2 Å². The molecule has 0 aliphatic carbocycles. The summed E-state index contributed by atoms with van der Waals surface area (Å²) in [4.78, 5) is 6.90. The molecule has 1 heterocycles. The molecule has 3 nitrogen and oxygen atoms in total. The SMILES string of the molecule is CC(C)NCc1ccnc(=S)[nH]1. The second kappa shape index (κ2) is 4.33. The number of aromatic amines is 1. The van der Waals surface area contributed by atoms with Crippen molar-refractivity contribution in [2.75, 3.05) is 0 Å². The first kappa shape index (κ1) is 9.35. The molecule has 0 radical (unpaired) electrons. The van der Waals surface area contributed by atoms with E-state index >= 15 is 0 Å². The molecule has 0 saturated carbocycles. The summed E-state index contributed by atoms with van der Waals surface area (Å²) in [6, 6.07) is 2.41. The van der Waals surface area contributed by atoms with Gasteiger partial charge in [-0.05, 0) is 18.3 Å². The Morgan fingerprint density at radius 1 is 1.67 bits per heavy atom. The molecule has 1 aromatic heterocycles. The molecule has 0 unspecified atom stereocenters. The summed E-state index contributed by atoms with van der Waals surface area (Å²) in [6.45, 7) is 5.02. The summed E-state index contributed by atoms with van der Waals surface area (Å²) in [5.41, 5.74) is 1.07. The Hall–Kier alpha value is -0.740. The third kappa shape index (κ3) is 3.11. The van der Waals surface area contributed by atoms with Crippen LogP contribution >= 0.6 is 12.2 Å². The molecule has 12 heavy (non-hydrogen) atoms. The maximum Gasteiger partial charge on any atom is 0.196 e. The highest BCUT2D eigenvalue weighted by molar-refractivity contribution is 7.71. The topological polar surface area (TPSA) is 40.7 Å². The molecule has 0 aliphatic heterocycles. The number of hydrogen-bond donors (Lipinski definition) is 2. The summed E-state index contributed by atoms with van der Waals surface area (Å²) in [6.07, 6.45) is 1.72. The Bertz CT molecular complexity index is 292. The van der Waals surface area contributed by atoms with E-state index in [4.69, 9.17) is 12.2 Å². The Balaban J connectivity index is 2.58. The second-order valence-electron chi connectivity index (χ2n) is 2.94. The normalized spacial score (nSPS) is 10.6. The van der Waals surface area contributed by atoms with Crippen LogP contribution in [-0.2, 0) is 6.54 Å². The fourth-order valence-corrected chi connectivity index (χ4v) is 1.02. The van der Waals surface area contributed by atoms with Crippen LogP contribution < -0.4 is 5.32 Å². The van der Waals surface area contributed by atoms with Crippen LogP contribution in [0.2, 0.25) is 0 Å². The van der Waals surface area contributed by atoms with Crippen molar-refractivity contribution in [3.05, 3.63) is 22.7 Å². The van der Waals surface area contributed by atoms with Crippen molar-refractivity contribution in [3.63, 3.8) is 0 Å². The number of nitrogens with one attached hydrogen (secondary N) is 2. The van der Waals surface area contributed by atoms with Gasteiger partial charge in [0.25, 0.3) is 0 Å². The molecule has 0 aliphatic rings. The van der Waals surface area contributed by atoms with Gasteiger partial charge >= 0.3 is 0 Å². The van der Waals surface area contributed by atoms with Crippen LogP contribution in [0.1, 0.15) is 19.5 Å². The quantitative estimate of drug-likeness (QED) is 0.700. The third-order valence-corrected chi connectivity index (χ3v) is 1.64. The zero-order chi connectivity index (χ0) is 8.97. The minimum absolute atomic E-state index is 0.486. The van der Waals surface area contributed by atoms with E-state index in [0.29, 0.717) is 10.8 Å². The van der Waals surface area contributed by atoms with Crippen LogP contribution in [0.15, 0.2) is 12.3 Å². The zero-order valence-corrected chi connectivity index (χ0v) is 8.11. The summed E-state index contributed by atoms with van der Waals surface area (Å²) in [7, 11) is 0. The molecule has 2 N–H and O–H groups in total. The van der Waals surface area contributed by atoms with Crippen molar-refractivity contribution >= 4 is 12.2 Å². The number of H-pyrrole nitrogens is 1. The van der Waals surface area contributed by atoms with Gasteiger partial charge < -0.3 is 10.3 Å². The van der Waals surface area contributed by atoms with E-state index in [-0.39, 0.29) is 0 Å². The molecule has 0 aromatic carbocycles. The molecule has 66 valence electrons. The summed E-state index contributed by atoms with van der Waals surface area (Å²) in [5, 5.41) is 3.28. The average molecular weight is 183 g/mol. The van der Waals surface area contributed by atoms with Crippen molar-refractivity contribution in [1.29, 1.82) is 0 Å². The fourth-order valence-electron chi connectivity index (χ4n) is 0.823. The molecule has 1 rings (SSSR count). The first-order valence-electron chi connectivity index (χ1n) is 3.96. The van der Waals surface area contributed by atoms with E-state index in [1.807, 2.05) is 6.07 Å². The van der Waals surface area contributed by atoms with Gasteiger partial charge in [-0.3, -0.25) is 0 Å². The van der Waals surface area contributed by atoms with E-state index in [1.54, 1.807) is 6.20 Å². The molecular formula is C8H13N3S. The van der Waals surface area contributed by atoms with E-state index in [1.165, 1.54) is 0 Å².